The van der Waals surface area contributed by atoms with Crippen LogP contribution in [0.1, 0.15) is 22.7 Å². The van der Waals surface area contributed by atoms with Gasteiger partial charge in [-0.25, -0.2) is 4.98 Å². The van der Waals surface area contributed by atoms with Crippen LogP contribution in [0.2, 0.25) is 5.02 Å². The van der Waals surface area contributed by atoms with Gasteiger partial charge in [-0.3, -0.25) is 0 Å². The van der Waals surface area contributed by atoms with Gasteiger partial charge in [-0.15, -0.1) is 0 Å². The molecule has 3 aromatic rings. The average Bonchev–Trinajstić information content (AvgIpc) is 2.74. The summed E-state index contributed by atoms with van der Waals surface area (Å²) in [5, 5.41) is 4.06. The lowest BCUT2D eigenvalue weighted by molar-refractivity contribution is 0.0937. The summed E-state index contributed by atoms with van der Waals surface area (Å²) in [6, 6.07) is 18.4. The fourth-order valence-electron chi connectivity index (χ4n) is 3.48. The number of rotatable bonds is 5. The molecule has 0 amide bonds. The molecule has 144 valence electrons. The largest absolute Gasteiger partial charge is 0.377 e. The van der Waals surface area contributed by atoms with E-state index in [1.807, 2.05) is 24.3 Å². The van der Waals surface area contributed by atoms with Crippen molar-refractivity contribution in [3.8, 4) is 0 Å². The first kappa shape index (κ1) is 18.7. The van der Waals surface area contributed by atoms with Crippen LogP contribution in [-0.2, 0) is 11.3 Å². The van der Waals surface area contributed by atoms with E-state index in [4.69, 9.17) is 21.3 Å². The molecule has 0 bridgehead atoms. The van der Waals surface area contributed by atoms with Crippen molar-refractivity contribution >= 4 is 23.4 Å². The quantitative estimate of drug-likeness (QED) is 0.683. The van der Waals surface area contributed by atoms with Crippen LogP contribution in [0.15, 0.2) is 60.8 Å². The van der Waals surface area contributed by atoms with Crippen LogP contribution < -0.4 is 10.2 Å². The van der Waals surface area contributed by atoms with E-state index in [0.717, 1.165) is 28.5 Å². The van der Waals surface area contributed by atoms with Gasteiger partial charge in [0.15, 0.2) is 0 Å². The first-order valence-corrected chi connectivity index (χ1v) is 9.80. The van der Waals surface area contributed by atoms with Crippen molar-refractivity contribution in [2.75, 3.05) is 30.0 Å². The first-order valence-electron chi connectivity index (χ1n) is 9.42. The third kappa shape index (κ3) is 4.11. The fourth-order valence-corrected chi connectivity index (χ4v) is 3.77. The summed E-state index contributed by atoms with van der Waals surface area (Å²) in [4.78, 5) is 11.4. The SMILES string of the molecule is Cc1cccc(Cl)c1CNc1nccc(N2CCOCC2c2ccccc2)n1. The molecule has 2 heterocycles. The molecule has 4 rings (SSSR count). The number of hydrogen-bond donors (Lipinski definition) is 1. The lowest BCUT2D eigenvalue weighted by Crippen LogP contribution is -2.40. The Bertz CT molecular complexity index is 915. The van der Waals surface area contributed by atoms with Gasteiger partial charge in [0, 0.05) is 24.3 Å². The summed E-state index contributed by atoms with van der Waals surface area (Å²) in [6.45, 7) is 4.77. The highest BCUT2D eigenvalue weighted by Gasteiger charge is 2.26. The van der Waals surface area contributed by atoms with E-state index in [0.29, 0.717) is 25.7 Å². The second-order valence-corrected chi connectivity index (χ2v) is 7.23. The summed E-state index contributed by atoms with van der Waals surface area (Å²) < 4.78 is 5.73. The summed E-state index contributed by atoms with van der Waals surface area (Å²) in [5.74, 6) is 1.49. The van der Waals surface area contributed by atoms with E-state index in [-0.39, 0.29) is 6.04 Å². The monoisotopic (exact) mass is 394 g/mol. The number of halogens is 1. The van der Waals surface area contributed by atoms with Gasteiger partial charge in [-0.05, 0) is 35.7 Å². The van der Waals surface area contributed by atoms with Crippen molar-refractivity contribution in [1.29, 1.82) is 0 Å². The van der Waals surface area contributed by atoms with Crippen LogP contribution in [0.5, 0.6) is 0 Å². The zero-order chi connectivity index (χ0) is 19.3. The second-order valence-electron chi connectivity index (χ2n) is 6.82. The topological polar surface area (TPSA) is 50.3 Å². The maximum absolute atomic E-state index is 6.33. The van der Waals surface area contributed by atoms with Gasteiger partial charge in [-0.1, -0.05) is 54.1 Å². The van der Waals surface area contributed by atoms with Crippen LogP contribution in [0.25, 0.3) is 0 Å². The Labute approximate surface area is 170 Å². The minimum absolute atomic E-state index is 0.142. The van der Waals surface area contributed by atoms with Gasteiger partial charge in [0.1, 0.15) is 5.82 Å². The van der Waals surface area contributed by atoms with Crippen LogP contribution in [0.3, 0.4) is 0 Å². The van der Waals surface area contributed by atoms with Crippen molar-refractivity contribution in [2.45, 2.75) is 19.5 Å². The molecule has 1 aliphatic rings. The van der Waals surface area contributed by atoms with Gasteiger partial charge >= 0.3 is 0 Å². The van der Waals surface area contributed by atoms with E-state index in [1.54, 1.807) is 6.20 Å². The van der Waals surface area contributed by atoms with Gasteiger partial charge in [0.05, 0.1) is 19.3 Å². The Balaban J connectivity index is 1.54. The third-order valence-corrected chi connectivity index (χ3v) is 5.38. The molecule has 0 saturated carbocycles. The summed E-state index contributed by atoms with van der Waals surface area (Å²) >= 11 is 6.33. The van der Waals surface area contributed by atoms with E-state index in [9.17, 15) is 0 Å². The highest BCUT2D eigenvalue weighted by molar-refractivity contribution is 6.31. The molecule has 1 unspecified atom stereocenters. The number of nitrogens with one attached hydrogen (secondary N) is 1. The number of hydrogen-bond acceptors (Lipinski definition) is 5. The molecule has 1 saturated heterocycles. The maximum atomic E-state index is 6.33. The Hall–Kier alpha value is -2.63. The van der Waals surface area contributed by atoms with Crippen molar-refractivity contribution in [3.63, 3.8) is 0 Å². The summed E-state index contributed by atoms with van der Waals surface area (Å²) in [7, 11) is 0. The number of ether oxygens (including phenoxy) is 1. The molecule has 5 nitrogen and oxygen atoms in total. The Morgan fingerprint density at radius 2 is 2.00 bits per heavy atom. The Kier molecular flexibility index (Phi) is 5.74. The number of morpholine rings is 1. The van der Waals surface area contributed by atoms with Crippen molar-refractivity contribution in [3.05, 3.63) is 82.5 Å². The minimum Gasteiger partial charge on any atom is -0.377 e. The number of aromatic nitrogens is 2. The zero-order valence-corrected chi connectivity index (χ0v) is 16.6. The van der Waals surface area contributed by atoms with Gasteiger partial charge in [0.2, 0.25) is 5.95 Å². The third-order valence-electron chi connectivity index (χ3n) is 5.02. The highest BCUT2D eigenvalue weighted by atomic mass is 35.5. The van der Waals surface area contributed by atoms with Gasteiger partial charge < -0.3 is 15.0 Å². The minimum atomic E-state index is 0.142. The fraction of sp³-hybridized carbons (Fsp3) is 0.273. The van der Waals surface area contributed by atoms with Crippen LogP contribution in [0.4, 0.5) is 11.8 Å². The smallest absolute Gasteiger partial charge is 0.224 e. The predicted octanol–water partition coefficient (Wildman–Crippen LogP) is 4.63. The lowest BCUT2D eigenvalue weighted by Gasteiger charge is -2.36. The van der Waals surface area contributed by atoms with E-state index in [2.05, 4.69) is 52.5 Å². The molecule has 0 spiro atoms. The molecule has 2 aromatic carbocycles. The van der Waals surface area contributed by atoms with Crippen LogP contribution >= 0.6 is 11.6 Å². The number of anilines is 2. The summed E-state index contributed by atoms with van der Waals surface area (Å²) in [6.07, 6.45) is 1.79. The van der Waals surface area contributed by atoms with Crippen LogP contribution in [0, 0.1) is 6.92 Å². The molecule has 28 heavy (non-hydrogen) atoms. The number of benzene rings is 2. The van der Waals surface area contributed by atoms with Gasteiger partial charge in [-0.2, -0.15) is 4.98 Å². The molecular weight excluding hydrogens is 372 g/mol. The molecule has 1 fully saturated rings. The molecule has 6 heteroatoms. The summed E-state index contributed by atoms with van der Waals surface area (Å²) in [5.41, 5.74) is 3.43. The van der Waals surface area contributed by atoms with Crippen molar-refractivity contribution in [2.24, 2.45) is 0 Å². The molecule has 0 radical (unpaired) electrons. The number of aryl methyl sites for hydroxylation is 1. The van der Waals surface area contributed by atoms with Gasteiger partial charge in [0.25, 0.3) is 0 Å². The van der Waals surface area contributed by atoms with E-state index < -0.39 is 0 Å². The predicted molar refractivity (Wildman–Crippen MR) is 113 cm³/mol. The van der Waals surface area contributed by atoms with Crippen LogP contribution in [-0.4, -0.2) is 29.7 Å². The second kappa shape index (κ2) is 8.59. The molecule has 1 aliphatic heterocycles. The molecular formula is C22H23ClN4O. The first-order chi connectivity index (χ1) is 13.7. The van der Waals surface area contributed by atoms with Crippen molar-refractivity contribution < 1.29 is 4.74 Å². The molecule has 0 aliphatic carbocycles. The normalized spacial score (nSPS) is 16.8. The number of nitrogens with zero attached hydrogens (tertiary/aromatic N) is 3. The molecule has 1 atom stereocenters. The molecule has 1 aromatic heterocycles. The average molecular weight is 395 g/mol. The standard InChI is InChI=1S/C22H23ClN4O/c1-16-6-5-9-19(23)18(16)14-25-22-24-11-10-21(26-22)27-12-13-28-15-20(27)17-7-3-2-4-8-17/h2-11,20H,12-15H2,1H3,(H,24,25,26). The maximum Gasteiger partial charge on any atom is 0.224 e. The van der Waals surface area contributed by atoms with Crippen molar-refractivity contribution in [1.82, 2.24) is 9.97 Å². The lowest BCUT2D eigenvalue weighted by atomic mass is 10.1. The zero-order valence-electron chi connectivity index (χ0n) is 15.8. The highest BCUT2D eigenvalue weighted by Crippen LogP contribution is 2.29. The van der Waals surface area contributed by atoms with E-state index >= 15 is 0 Å². The molecule has 1 N–H and O–H groups in total. The Morgan fingerprint density at radius 1 is 1.14 bits per heavy atom. The van der Waals surface area contributed by atoms with E-state index in [1.165, 1.54) is 5.56 Å². The Morgan fingerprint density at radius 3 is 2.82 bits per heavy atom.